The fourth-order valence-electron chi connectivity index (χ4n) is 2.91. The SMILES string of the molecule is CSc1ccc([N+]2([O-])C=CC2(C)N2CCOCC2)cc1. The molecule has 20 heavy (non-hydrogen) atoms. The van der Waals surface area contributed by atoms with Crippen LogP contribution < -0.4 is 4.65 Å². The van der Waals surface area contributed by atoms with Crippen molar-refractivity contribution in [1.82, 2.24) is 9.55 Å². The number of morpholine rings is 1. The second-order valence-corrected chi connectivity index (χ2v) is 6.24. The van der Waals surface area contributed by atoms with E-state index in [9.17, 15) is 5.21 Å². The summed E-state index contributed by atoms with van der Waals surface area (Å²) in [6.07, 6.45) is 5.80. The molecule has 2 atom stereocenters. The summed E-state index contributed by atoms with van der Waals surface area (Å²) in [5.74, 6) is 0. The summed E-state index contributed by atoms with van der Waals surface area (Å²) in [6, 6.07) is 7.93. The molecule has 0 spiro atoms. The number of benzene rings is 1. The fourth-order valence-corrected chi connectivity index (χ4v) is 3.32. The molecule has 1 aromatic rings. The monoisotopic (exact) mass is 292 g/mol. The highest BCUT2D eigenvalue weighted by molar-refractivity contribution is 7.98. The molecular weight excluding hydrogens is 272 g/mol. The van der Waals surface area contributed by atoms with Crippen LogP contribution in [-0.4, -0.2) is 43.1 Å². The molecule has 1 fully saturated rings. The average molecular weight is 292 g/mol. The zero-order valence-electron chi connectivity index (χ0n) is 11.9. The van der Waals surface area contributed by atoms with E-state index in [1.807, 2.05) is 43.5 Å². The van der Waals surface area contributed by atoms with Gasteiger partial charge in [0.1, 0.15) is 11.9 Å². The van der Waals surface area contributed by atoms with Gasteiger partial charge in [0.05, 0.1) is 13.2 Å². The van der Waals surface area contributed by atoms with Crippen molar-refractivity contribution in [2.24, 2.45) is 0 Å². The van der Waals surface area contributed by atoms with Crippen LogP contribution in [0.1, 0.15) is 6.92 Å². The third kappa shape index (κ3) is 2.01. The number of quaternary nitrogens is 1. The Labute approximate surface area is 124 Å². The second-order valence-electron chi connectivity index (χ2n) is 5.37. The maximum atomic E-state index is 13.3. The summed E-state index contributed by atoms with van der Waals surface area (Å²) < 4.78 is 4.99. The van der Waals surface area contributed by atoms with E-state index in [1.54, 1.807) is 18.0 Å². The Bertz CT molecular complexity index is 513. The average Bonchev–Trinajstić information content (AvgIpc) is 2.53. The van der Waals surface area contributed by atoms with Gasteiger partial charge in [0.25, 0.3) is 0 Å². The standard InChI is InChI=1S/C15H20N2O2S/c1-15(16-8-11-19-12-9-16)7-10-17(15,18)13-3-5-14(20-2)6-4-13/h3-7,10H,8-9,11-12H2,1-2H3. The lowest BCUT2D eigenvalue weighted by Gasteiger charge is -2.60. The largest absolute Gasteiger partial charge is 0.621 e. The lowest BCUT2D eigenvalue weighted by atomic mass is 9.99. The predicted molar refractivity (Wildman–Crippen MR) is 83.3 cm³/mol. The van der Waals surface area contributed by atoms with Crippen LogP contribution in [0.3, 0.4) is 0 Å². The highest BCUT2D eigenvalue weighted by Crippen LogP contribution is 2.43. The van der Waals surface area contributed by atoms with Crippen molar-refractivity contribution in [3.8, 4) is 0 Å². The summed E-state index contributed by atoms with van der Waals surface area (Å²) >= 11 is 1.69. The Hall–Kier alpha value is -0.850. The first-order chi connectivity index (χ1) is 9.60. The summed E-state index contributed by atoms with van der Waals surface area (Å²) in [4.78, 5) is 3.41. The maximum absolute atomic E-state index is 13.3. The maximum Gasteiger partial charge on any atom is 0.186 e. The van der Waals surface area contributed by atoms with Crippen LogP contribution in [0.15, 0.2) is 41.4 Å². The molecule has 2 unspecified atom stereocenters. The van der Waals surface area contributed by atoms with E-state index < -0.39 is 10.3 Å². The molecule has 3 rings (SSSR count). The Balaban J connectivity index is 1.89. The Kier molecular flexibility index (Phi) is 3.64. The molecule has 108 valence electrons. The number of ether oxygens (including phenoxy) is 1. The van der Waals surface area contributed by atoms with E-state index >= 15 is 0 Å². The van der Waals surface area contributed by atoms with E-state index in [0.717, 1.165) is 18.8 Å². The van der Waals surface area contributed by atoms with Crippen LogP contribution >= 0.6 is 11.8 Å². The molecular formula is C15H20N2O2S. The number of rotatable bonds is 3. The van der Waals surface area contributed by atoms with E-state index in [1.165, 1.54) is 4.90 Å². The summed E-state index contributed by atoms with van der Waals surface area (Å²) in [5, 5.41) is 13.3. The van der Waals surface area contributed by atoms with E-state index in [2.05, 4.69) is 4.90 Å². The fraction of sp³-hybridized carbons (Fsp3) is 0.467. The van der Waals surface area contributed by atoms with Crippen molar-refractivity contribution in [2.75, 3.05) is 32.6 Å². The number of hydroxylamine groups is 2. The number of nitrogens with zero attached hydrogens (tertiary/aromatic N) is 2. The first-order valence-electron chi connectivity index (χ1n) is 6.88. The Morgan fingerprint density at radius 1 is 1.25 bits per heavy atom. The molecule has 0 N–H and O–H groups in total. The summed E-state index contributed by atoms with van der Waals surface area (Å²) in [5.41, 5.74) is 0.282. The number of thioether (sulfide) groups is 1. The summed E-state index contributed by atoms with van der Waals surface area (Å²) in [6.45, 7) is 5.05. The lowest BCUT2D eigenvalue weighted by Crippen LogP contribution is -2.71. The normalized spacial score (nSPS) is 34.0. The molecule has 0 bridgehead atoms. The number of hydrogen-bond donors (Lipinski definition) is 0. The molecule has 2 aliphatic heterocycles. The van der Waals surface area contributed by atoms with Crippen LogP contribution in [0.25, 0.3) is 0 Å². The first kappa shape index (κ1) is 14.1. The van der Waals surface area contributed by atoms with Crippen LogP contribution in [0.4, 0.5) is 5.69 Å². The third-order valence-corrected chi connectivity index (χ3v) is 5.12. The lowest BCUT2D eigenvalue weighted by molar-refractivity contribution is -0.0473. The van der Waals surface area contributed by atoms with Gasteiger partial charge in [-0.05, 0) is 18.4 Å². The van der Waals surface area contributed by atoms with Gasteiger partial charge in [-0.1, -0.05) is 0 Å². The van der Waals surface area contributed by atoms with Crippen LogP contribution in [0.2, 0.25) is 0 Å². The first-order valence-corrected chi connectivity index (χ1v) is 8.10. The van der Waals surface area contributed by atoms with Gasteiger partial charge in [-0.25, -0.2) is 4.90 Å². The van der Waals surface area contributed by atoms with Crippen LogP contribution in [-0.2, 0) is 4.74 Å². The molecule has 0 saturated carbocycles. The molecule has 0 amide bonds. The minimum absolute atomic E-state index is 0.401. The molecule has 1 aromatic carbocycles. The van der Waals surface area contributed by atoms with E-state index in [0.29, 0.717) is 13.2 Å². The zero-order valence-corrected chi connectivity index (χ0v) is 12.7. The van der Waals surface area contributed by atoms with Crippen molar-refractivity contribution in [3.05, 3.63) is 41.7 Å². The second kappa shape index (κ2) is 5.16. The molecule has 4 nitrogen and oxygen atoms in total. The van der Waals surface area contributed by atoms with Gasteiger partial charge in [0.15, 0.2) is 5.66 Å². The van der Waals surface area contributed by atoms with Crippen molar-refractivity contribution in [3.63, 3.8) is 0 Å². The van der Waals surface area contributed by atoms with Crippen LogP contribution in [0, 0.1) is 5.21 Å². The van der Waals surface area contributed by atoms with E-state index in [-0.39, 0.29) is 0 Å². The highest BCUT2D eigenvalue weighted by Gasteiger charge is 2.51. The van der Waals surface area contributed by atoms with Gasteiger partial charge in [0.2, 0.25) is 0 Å². The minimum Gasteiger partial charge on any atom is -0.621 e. The predicted octanol–water partition coefficient (Wildman–Crippen LogP) is 2.79. The van der Waals surface area contributed by atoms with Gasteiger partial charge < -0.3 is 9.94 Å². The quantitative estimate of drug-likeness (QED) is 0.487. The van der Waals surface area contributed by atoms with Crippen molar-refractivity contribution in [1.29, 1.82) is 0 Å². The van der Waals surface area contributed by atoms with Gasteiger partial charge >= 0.3 is 0 Å². The smallest absolute Gasteiger partial charge is 0.186 e. The van der Waals surface area contributed by atoms with Crippen molar-refractivity contribution >= 4 is 17.4 Å². The topological polar surface area (TPSA) is 35.5 Å². The Morgan fingerprint density at radius 3 is 2.40 bits per heavy atom. The molecule has 1 saturated heterocycles. The summed E-state index contributed by atoms with van der Waals surface area (Å²) in [7, 11) is 0. The Morgan fingerprint density at radius 2 is 1.90 bits per heavy atom. The van der Waals surface area contributed by atoms with Gasteiger partial charge in [-0.3, -0.25) is 4.65 Å². The van der Waals surface area contributed by atoms with Crippen molar-refractivity contribution in [2.45, 2.75) is 17.5 Å². The molecule has 5 heteroatoms. The van der Waals surface area contributed by atoms with Crippen molar-refractivity contribution < 1.29 is 4.74 Å². The highest BCUT2D eigenvalue weighted by atomic mass is 32.2. The zero-order chi connectivity index (χ0) is 14.2. The number of hydrogen-bond acceptors (Lipinski definition) is 4. The van der Waals surface area contributed by atoms with E-state index in [4.69, 9.17) is 4.74 Å². The third-order valence-electron chi connectivity index (χ3n) is 4.38. The molecule has 2 heterocycles. The molecule has 0 radical (unpaired) electrons. The van der Waals surface area contributed by atoms with Gasteiger partial charge in [0, 0.05) is 43.1 Å². The minimum atomic E-state index is -0.509. The van der Waals surface area contributed by atoms with Gasteiger partial charge in [-0.15, -0.1) is 11.8 Å². The van der Waals surface area contributed by atoms with Gasteiger partial charge in [-0.2, -0.15) is 0 Å². The molecule has 0 aromatic heterocycles. The molecule has 0 aliphatic carbocycles. The molecule has 2 aliphatic rings. The van der Waals surface area contributed by atoms with Crippen LogP contribution in [0.5, 0.6) is 0 Å².